The van der Waals surface area contributed by atoms with Crippen molar-refractivity contribution in [2.75, 3.05) is 19.8 Å². The van der Waals surface area contributed by atoms with Gasteiger partial charge >= 0.3 is 5.97 Å². The molecule has 0 amide bonds. The average Bonchev–Trinajstić information content (AvgIpc) is 3.26. The highest BCUT2D eigenvalue weighted by molar-refractivity contribution is 5.82. The first-order chi connectivity index (χ1) is 9.23. The molecule has 0 aliphatic heterocycles. The Hall–Kier alpha value is -0.610. The Kier molecular flexibility index (Phi) is 5.22. The molecule has 0 radical (unpaired) electrons. The number of hydrogen-bond donors (Lipinski definition) is 1. The van der Waals surface area contributed by atoms with Crippen molar-refractivity contribution in [3.8, 4) is 0 Å². The smallest absolute Gasteiger partial charge is 0.329 e. The molecule has 2 rings (SSSR count). The fraction of sp³-hybridized carbons (Fsp3) is 0.933. The third-order valence-electron chi connectivity index (χ3n) is 3.92. The molecule has 0 aromatic carbocycles. The van der Waals surface area contributed by atoms with Gasteiger partial charge in [-0.3, -0.25) is 5.32 Å². The molecule has 19 heavy (non-hydrogen) atoms. The Bertz CT molecular complexity index is 300. The topological polar surface area (TPSA) is 47.6 Å². The molecule has 4 heteroatoms. The van der Waals surface area contributed by atoms with E-state index in [0.717, 1.165) is 32.3 Å². The van der Waals surface area contributed by atoms with Crippen molar-refractivity contribution < 1.29 is 14.3 Å². The lowest BCUT2D eigenvalue weighted by atomic mass is 9.93. The van der Waals surface area contributed by atoms with Gasteiger partial charge in [-0.1, -0.05) is 13.3 Å². The minimum absolute atomic E-state index is 0.110. The van der Waals surface area contributed by atoms with E-state index in [1.165, 1.54) is 12.8 Å². The molecular weight excluding hydrogens is 242 g/mol. The van der Waals surface area contributed by atoms with E-state index in [9.17, 15) is 4.79 Å². The maximum atomic E-state index is 12.4. The predicted octanol–water partition coefficient (Wildman–Crippen LogP) is 2.27. The van der Waals surface area contributed by atoms with Crippen LogP contribution >= 0.6 is 0 Å². The summed E-state index contributed by atoms with van der Waals surface area (Å²) < 4.78 is 11.1. The lowest BCUT2D eigenvalue weighted by Gasteiger charge is -2.32. The Morgan fingerprint density at radius 3 is 2.53 bits per heavy atom. The van der Waals surface area contributed by atoms with Crippen molar-refractivity contribution in [1.29, 1.82) is 0 Å². The largest absolute Gasteiger partial charge is 0.465 e. The molecule has 1 atom stereocenters. The van der Waals surface area contributed by atoms with Crippen molar-refractivity contribution in [3.05, 3.63) is 0 Å². The normalized spacial score (nSPS) is 22.0. The van der Waals surface area contributed by atoms with Gasteiger partial charge in [-0.2, -0.15) is 0 Å². The van der Waals surface area contributed by atoms with Crippen LogP contribution in [0, 0.1) is 5.92 Å². The zero-order valence-corrected chi connectivity index (χ0v) is 12.2. The van der Waals surface area contributed by atoms with Crippen LogP contribution in [0.1, 0.15) is 52.4 Å². The van der Waals surface area contributed by atoms with Crippen molar-refractivity contribution in [3.63, 3.8) is 0 Å². The molecule has 2 saturated carbocycles. The first kappa shape index (κ1) is 14.8. The number of carbonyl (C=O) groups excluding carboxylic acids is 1. The molecular formula is C15H27NO3. The molecule has 1 N–H and O–H groups in total. The number of esters is 1. The highest BCUT2D eigenvalue weighted by Gasteiger charge is 2.54. The third-order valence-corrected chi connectivity index (χ3v) is 3.92. The molecule has 110 valence electrons. The van der Waals surface area contributed by atoms with Crippen molar-refractivity contribution in [2.24, 2.45) is 5.92 Å². The Labute approximate surface area is 116 Å². The summed E-state index contributed by atoms with van der Waals surface area (Å²) in [5, 5.41) is 3.53. The van der Waals surface area contributed by atoms with E-state index >= 15 is 0 Å². The molecule has 2 fully saturated rings. The molecule has 0 spiro atoms. The number of rotatable bonds is 10. The van der Waals surface area contributed by atoms with E-state index in [1.54, 1.807) is 0 Å². The van der Waals surface area contributed by atoms with Gasteiger partial charge in [0, 0.05) is 12.6 Å². The zero-order chi connectivity index (χ0) is 13.7. The first-order valence-electron chi connectivity index (χ1n) is 7.75. The second-order valence-electron chi connectivity index (χ2n) is 5.79. The van der Waals surface area contributed by atoms with Gasteiger partial charge in [0.1, 0.15) is 5.54 Å². The SMILES string of the molecule is CCCCOCC(NC1CC1)(C(=O)OCC)C1CC1. The number of carbonyl (C=O) groups is 1. The summed E-state index contributed by atoms with van der Waals surface area (Å²) in [6.07, 6.45) is 6.72. The molecule has 0 heterocycles. The average molecular weight is 269 g/mol. The van der Waals surface area contributed by atoms with Gasteiger partial charge in [0.2, 0.25) is 0 Å². The van der Waals surface area contributed by atoms with Crippen LogP contribution in [0.4, 0.5) is 0 Å². The Balaban J connectivity index is 1.97. The minimum atomic E-state index is -0.578. The molecule has 0 saturated heterocycles. The second-order valence-corrected chi connectivity index (χ2v) is 5.79. The summed E-state index contributed by atoms with van der Waals surface area (Å²) in [5.41, 5.74) is -0.578. The van der Waals surface area contributed by atoms with Crippen LogP contribution in [-0.4, -0.2) is 37.4 Å². The molecule has 0 bridgehead atoms. The zero-order valence-electron chi connectivity index (χ0n) is 12.2. The molecule has 1 unspecified atom stereocenters. The quantitative estimate of drug-likeness (QED) is 0.488. The summed E-state index contributed by atoms with van der Waals surface area (Å²) in [6, 6.07) is 0.486. The van der Waals surface area contributed by atoms with E-state index in [0.29, 0.717) is 25.2 Å². The van der Waals surface area contributed by atoms with Gasteiger partial charge in [-0.05, 0) is 44.9 Å². The Morgan fingerprint density at radius 2 is 2.00 bits per heavy atom. The lowest BCUT2D eigenvalue weighted by Crippen LogP contribution is -2.59. The molecule has 0 aromatic heterocycles. The molecule has 2 aliphatic rings. The van der Waals surface area contributed by atoms with Gasteiger partial charge in [0.05, 0.1) is 13.2 Å². The second kappa shape index (κ2) is 6.71. The van der Waals surface area contributed by atoms with Crippen LogP contribution in [0.15, 0.2) is 0 Å². The van der Waals surface area contributed by atoms with Crippen LogP contribution in [0.3, 0.4) is 0 Å². The minimum Gasteiger partial charge on any atom is -0.465 e. The number of unbranched alkanes of at least 4 members (excludes halogenated alkanes) is 1. The maximum Gasteiger partial charge on any atom is 0.329 e. The standard InChI is InChI=1S/C15H27NO3/c1-3-5-10-18-11-15(12-6-7-12,14(17)19-4-2)16-13-8-9-13/h12-13,16H,3-11H2,1-2H3. The van der Waals surface area contributed by atoms with Crippen molar-refractivity contribution in [2.45, 2.75) is 64.0 Å². The van der Waals surface area contributed by atoms with Crippen LogP contribution in [0.5, 0.6) is 0 Å². The number of ether oxygens (including phenoxy) is 2. The summed E-state index contributed by atoms with van der Waals surface area (Å²) in [4.78, 5) is 12.4. The Morgan fingerprint density at radius 1 is 1.26 bits per heavy atom. The van der Waals surface area contributed by atoms with E-state index in [-0.39, 0.29) is 5.97 Å². The number of hydrogen-bond acceptors (Lipinski definition) is 4. The maximum absolute atomic E-state index is 12.4. The van der Waals surface area contributed by atoms with E-state index in [4.69, 9.17) is 9.47 Å². The van der Waals surface area contributed by atoms with Crippen molar-refractivity contribution in [1.82, 2.24) is 5.32 Å². The fourth-order valence-corrected chi connectivity index (χ4v) is 2.47. The van der Waals surface area contributed by atoms with E-state index in [2.05, 4.69) is 12.2 Å². The van der Waals surface area contributed by atoms with Gasteiger partial charge in [0.15, 0.2) is 0 Å². The van der Waals surface area contributed by atoms with E-state index in [1.807, 2.05) is 6.92 Å². The van der Waals surface area contributed by atoms with E-state index < -0.39 is 5.54 Å². The summed E-state index contributed by atoms with van der Waals surface area (Å²) in [7, 11) is 0. The van der Waals surface area contributed by atoms with Crippen LogP contribution in [0.2, 0.25) is 0 Å². The van der Waals surface area contributed by atoms with Gasteiger partial charge in [0.25, 0.3) is 0 Å². The third kappa shape index (κ3) is 3.93. The molecule has 4 nitrogen and oxygen atoms in total. The van der Waals surface area contributed by atoms with Crippen LogP contribution in [0.25, 0.3) is 0 Å². The van der Waals surface area contributed by atoms with Gasteiger partial charge in [-0.25, -0.2) is 4.79 Å². The molecule has 2 aliphatic carbocycles. The summed E-state index contributed by atoms with van der Waals surface area (Å²) in [6.45, 7) is 5.65. The van der Waals surface area contributed by atoms with Crippen LogP contribution in [-0.2, 0) is 14.3 Å². The fourth-order valence-electron chi connectivity index (χ4n) is 2.47. The highest BCUT2D eigenvalue weighted by atomic mass is 16.5. The van der Waals surface area contributed by atoms with Crippen LogP contribution < -0.4 is 5.32 Å². The highest BCUT2D eigenvalue weighted by Crippen LogP contribution is 2.42. The number of nitrogens with one attached hydrogen (secondary N) is 1. The first-order valence-corrected chi connectivity index (χ1v) is 7.75. The summed E-state index contributed by atoms with van der Waals surface area (Å²) in [5.74, 6) is 0.287. The molecule has 0 aromatic rings. The van der Waals surface area contributed by atoms with Gasteiger partial charge < -0.3 is 9.47 Å². The lowest BCUT2D eigenvalue weighted by molar-refractivity contribution is -0.155. The summed E-state index contributed by atoms with van der Waals surface area (Å²) >= 11 is 0. The monoisotopic (exact) mass is 269 g/mol. The van der Waals surface area contributed by atoms with Crippen molar-refractivity contribution >= 4 is 5.97 Å². The van der Waals surface area contributed by atoms with Gasteiger partial charge in [-0.15, -0.1) is 0 Å². The predicted molar refractivity (Wildman–Crippen MR) is 74.0 cm³/mol.